The number of nitrogens with zero attached hydrogens (tertiary/aromatic N) is 1. The lowest BCUT2D eigenvalue weighted by Gasteiger charge is -2.29. The largest absolute Gasteiger partial charge is 0.493 e. The molecule has 0 aliphatic carbocycles. The van der Waals surface area contributed by atoms with Crippen molar-refractivity contribution in [3.05, 3.63) is 52.1 Å². The van der Waals surface area contributed by atoms with Gasteiger partial charge in [-0.3, -0.25) is 4.79 Å². The molecule has 144 valence electrons. The minimum absolute atomic E-state index is 0.00642. The van der Waals surface area contributed by atoms with Crippen molar-refractivity contribution in [1.29, 1.82) is 0 Å². The molecule has 27 heavy (non-hydrogen) atoms. The Morgan fingerprint density at radius 2 is 1.52 bits per heavy atom. The molecule has 2 aromatic carbocycles. The number of fused-ring (bicyclic) bond motifs is 1. The Hall–Kier alpha value is -2.69. The van der Waals surface area contributed by atoms with E-state index in [-0.39, 0.29) is 12.5 Å². The maximum Gasteiger partial charge on any atom is 0.260 e. The molecule has 0 saturated carbocycles. The van der Waals surface area contributed by atoms with Crippen molar-refractivity contribution in [2.24, 2.45) is 0 Å². The zero-order valence-corrected chi connectivity index (χ0v) is 16.7. The van der Waals surface area contributed by atoms with Gasteiger partial charge in [-0.25, -0.2) is 0 Å². The number of benzene rings is 2. The second kappa shape index (κ2) is 7.91. The van der Waals surface area contributed by atoms with Crippen molar-refractivity contribution in [1.82, 2.24) is 4.90 Å². The Bertz CT molecular complexity index is 860. The molecule has 0 fully saturated rings. The second-order valence-corrected chi connectivity index (χ2v) is 7.03. The van der Waals surface area contributed by atoms with Gasteiger partial charge in [0.2, 0.25) is 0 Å². The van der Waals surface area contributed by atoms with Crippen LogP contribution in [0, 0.1) is 20.8 Å². The molecule has 5 heteroatoms. The first-order valence-electron chi connectivity index (χ1n) is 9.15. The second-order valence-electron chi connectivity index (χ2n) is 7.03. The van der Waals surface area contributed by atoms with Gasteiger partial charge in [0.1, 0.15) is 5.75 Å². The number of rotatable bonds is 5. The number of carbonyl (C=O) groups is 1. The SMILES string of the molecule is COc1cc2c(cc1OC)CN(C(=O)COc1cc(C)c(C)cc1C)CC2. The summed E-state index contributed by atoms with van der Waals surface area (Å²) < 4.78 is 16.6. The molecular formula is C22H27NO4. The van der Waals surface area contributed by atoms with Crippen LogP contribution in [0.1, 0.15) is 27.8 Å². The molecule has 1 aliphatic heterocycles. The molecule has 2 aromatic rings. The van der Waals surface area contributed by atoms with Crippen LogP contribution in [0.5, 0.6) is 17.2 Å². The summed E-state index contributed by atoms with van der Waals surface area (Å²) >= 11 is 0. The highest BCUT2D eigenvalue weighted by molar-refractivity contribution is 5.78. The topological polar surface area (TPSA) is 48.0 Å². The molecule has 0 bridgehead atoms. The minimum atomic E-state index is -0.00642. The standard InChI is InChI=1S/C22H27NO4/c1-14-8-16(3)19(9-15(14)2)27-13-22(24)23-7-6-17-10-20(25-4)21(26-5)11-18(17)12-23/h8-11H,6-7,12-13H2,1-5H3. The monoisotopic (exact) mass is 369 g/mol. The van der Waals surface area contributed by atoms with Gasteiger partial charge < -0.3 is 19.1 Å². The van der Waals surface area contributed by atoms with E-state index in [0.717, 1.165) is 34.6 Å². The van der Waals surface area contributed by atoms with E-state index in [9.17, 15) is 4.79 Å². The van der Waals surface area contributed by atoms with E-state index >= 15 is 0 Å². The number of ether oxygens (including phenoxy) is 3. The Labute approximate surface area is 160 Å². The van der Waals surface area contributed by atoms with E-state index in [0.29, 0.717) is 18.8 Å². The molecule has 0 spiro atoms. The van der Waals surface area contributed by atoms with E-state index in [1.165, 1.54) is 11.1 Å². The average Bonchev–Trinajstić information content (AvgIpc) is 2.67. The van der Waals surface area contributed by atoms with Gasteiger partial charge in [0, 0.05) is 13.1 Å². The van der Waals surface area contributed by atoms with Crippen molar-refractivity contribution in [3.8, 4) is 17.2 Å². The Kier molecular flexibility index (Phi) is 5.59. The van der Waals surface area contributed by atoms with Gasteiger partial charge in [-0.1, -0.05) is 6.07 Å². The minimum Gasteiger partial charge on any atom is -0.493 e. The van der Waals surface area contributed by atoms with Crippen molar-refractivity contribution < 1.29 is 19.0 Å². The summed E-state index contributed by atoms with van der Waals surface area (Å²) in [7, 11) is 3.25. The Morgan fingerprint density at radius 1 is 0.889 bits per heavy atom. The van der Waals surface area contributed by atoms with Crippen LogP contribution in [0.3, 0.4) is 0 Å². The third-order valence-electron chi connectivity index (χ3n) is 5.21. The van der Waals surface area contributed by atoms with Crippen molar-refractivity contribution in [2.45, 2.75) is 33.7 Å². The summed E-state index contributed by atoms with van der Waals surface area (Å²) in [6.07, 6.45) is 0.796. The quantitative estimate of drug-likeness (QED) is 0.808. The lowest BCUT2D eigenvalue weighted by molar-refractivity contribution is -0.134. The van der Waals surface area contributed by atoms with Gasteiger partial charge in [-0.15, -0.1) is 0 Å². The third-order valence-corrected chi connectivity index (χ3v) is 5.21. The predicted octanol–water partition coefficient (Wildman–Crippen LogP) is 3.59. The van der Waals surface area contributed by atoms with Gasteiger partial charge in [-0.2, -0.15) is 0 Å². The smallest absolute Gasteiger partial charge is 0.260 e. The first-order chi connectivity index (χ1) is 12.9. The number of hydrogen-bond donors (Lipinski definition) is 0. The number of methoxy groups -OCH3 is 2. The van der Waals surface area contributed by atoms with E-state index < -0.39 is 0 Å². The molecule has 0 N–H and O–H groups in total. The summed E-state index contributed by atoms with van der Waals surface area (Å²) in [4.78, 5) is 14.5. The highest BCUT2D eigenvalue weighted by Crippen LogP contribution is 2.33. The summed E-state index contributed by atoms with van der Waals surface area (Å²) in [5.41, 5.74) is 5.73. The van der Waals surface area contributed by atoms with Gasteiger partial charge in [0.15, 0.2) is 18.1 Å². The normalized spacial score (nSPS) is 13.1. The maximum atomic E-state index is 12.7. The van der Waals surface area contributed by atoms with Gasteiger partial charge >= 0.3 is 0 Å². The van der Waals surface area contributed by atoms with Crippen LogP contribution in [0.15, 0.2) is 24.3 Å². The maximum absolute atomic E-state index is 12.7. The van der Waals surface area contributed by atoms with Gasteiger partial charge in [0.25, 0.3) is 5.91 Å². The van der Waals surface area contributed by atoms with Crippen molar-refractivity contribution >= 4 is 5.91 Å². The van der Waals surface area contributed by atoms with E-state index in [1.807, 2.05) is 36.9 Å². The first kappa shape index (κ1) is 19.1. The van der Waals surface area contributed by atoms with Crippen LogP contribution in [-0.2, 0) is 17.8 Å². The molecule has 1 aliphatic rings. The average molecular weight is 369 g/mol. The summed E-state index contributed by atoms with van der Waals surface area (Å²) in [5, 5.41) is 0. The molecule has 0 radical (unpaired) electrons. The fraction of sp³-hybridized carbons (Fsp3) is 0.409. The summed E-state index contributed by atoms with van der Waals surface area (Å²) in [6, 6.07) is 8.05. The van der Waals surface area contributed by atoms with Crippen LogP contribution < -0.4 is 14.2 Å². The molecule has 0 saturated heterocycles. The van der Waals surface area contributed by atoms with Crippen LogP contribution in [0.4, 0.5) is 0 Å². The van der Waals surface area contributed by atoms with Crippen LogP contribution in [0.2, 0.25) is 0 Å². The lowest BCUT2D eigenvalue weighted by Crippen LogP contribution is -2.38. The third kappa shape index (κ3) is 4.02. The summed E-state index contributed by atoms with van der Waals surface area (Å²) in [5.74, 6) is 2.18. The molecule has 0 atom stereocenters. The van der Waals surface area contributed by atoms with E-state index in [2.05, 4.69) is 13.0 Å². The molecule has 0 unspecified atom stereocenters. The molecule has 3 rings (SSSR count). The Balaban J connectivity index is 1.68. The molecular weight excluding hydrogens is 342 g/mol. The lowest BCUT2D eigenvalue weighted by atomic mass is 9.99. The van der Waals surface area contributed by atoms with Crippen molar-refractivity contribution in [3.63, 3.8) is 0 Å². The van der Waals surface area contributed by atoms with Crippen LogP contribution in [-0.4, -0.2) is 38.2 Å². The molecule has 1 heterocycles. The number of hydrogen-bond acceptors (Lipinski definition) is 4. The number of amides is 1. The summed E-state index contributed by atoms with van der Waals surface area (Å²) in [6.45, 7) is 7.41. The van der Waals surface area contributed by atoms with Gasteiger partial charge in [0.05, 0.1) is 14.2 Å². The fourth-order valence-electron chi connectivity index (χ4n) is 3.42. The number of aryl methyl sites for hydroxylation is 3. The molecule has 5 nitrogen and oxygen atoms in total. The zero-order chi connectivity index (χ0) is 19.6. The van der Waals surface area contributed by atoms with Gasteiger partial charge in [-0.05, 0) is 73.2 Å². The zero-order valence-electron chi connectivity index (χ0n) is 16.7. The predicted molar refractivity (Wildman–Crippen MR) is 105 cm³/mol. The fourth-order valence-corrected chi connectivity index (χ4v) is 3.42. The molecule has 0 aromatic heterocycles. The van der Waals surface area contributed by atoms with Crippen molar-refractivity contribution in [2.75, 3.05) is 27.4 Å². The van der Waals surface area contributed by atoms with Crippen LogP contribution >= 0.6 is 0 Å². The first-order valence-corrected chi connectivity index (χ1v) is 9.15. The number of carbonyl (C=O) groups excluding carboxylic acids is 1. The molecule has 1 amide bonds. The van der Waals surface area contributed by atoms with Crippen LogP contribution in [0.25, 0.3) is 0 Å². The van der Waals surface area contributed by atoms with E-state index in [1.54, 1.807) is 14.2 Å². The highest BCUT2D eigenvalue weighted by atomic mass is 16.5. The highest BCUT2D eigenvalue weighted by Gasteiger charge is 2.23. The van der Waals surface area contributed by atoms with E-state index in [4.69, 9.17) is 14.2 Å². The Morgan fingerprint density at radius 3 is 2.19 bits per heavy atom.